The maximum atomic E-state index is 6.41. The van der Waals surface area contributed by atoms with Crippen molar-refractivity contribution in [1.29, 1.82) is 0 Å². The van der Waals surface area contributed by atoms with Gasteiger partial charge in [-0.2, -0.15) is 0 Å². The topological polar surface area (TPSA) is 26.0 Å². The Morgan fingerprint density at radius 1 is 1.22 bits per heavy atom. The average Bonchev–Trinajstić information content (AvgIpc) is 2.37. The molecule has 3 heteroatoms. The maximum Gasteiger partial charge on any atom is 0.0424 e. The number of rotatable bonds is 3. The van der Waals surface area contributed by atoms with Crippen LogP contribution < -0.4 is 5.73 Å². The molecule has 1 aliphatic carbocycles. The van der Waals surface area contributed by atoms with Gasteiger partial charge in [0.2, 0.25) is 0 Å². The van der Waals surface area contributed by atoms with Crippen LogP contribution in [0.15, 0.2) is 18.2 Å². The molecule has 0 amide bonds. The highest BCUT2D eigenvalue weighted by atomic mass is 35.5. The number of hydrogen-bond acceptors (Lipinski definition) is 1. The Hall–Kier alpha value is -0.240. The lowest BCUT2D eigenvalue weighted by Crippen LogP contribution is -2.26. The molecule has 0 bridgehead atoms. The predicted octanol–water partition coefficient (Wildman–Crippen LogP) is 5.21. The molecule has 0 saturated heterocycles. The van der Waals surface area contributed by atoms with Gasteiger partial charge in [-0.1, -0.05) is 49.4 Å². The van der Waals surface area contributed by atoms with Crippen LogP contribution in [0, 0.1) is 11.8 Å². The van der Waals surface area contributed by atoms with Gasteiger partial charge in [-0.05, 0) is 48.4 Å². The highest BCUT2D eigenvalue weighted by Crippen LogP contribution is 2.38. The van der Waals surface area contributed by atoms with Crippen molar-refractivity contribution in [2.75, 3.05) is 0 Å². The van der Waals surface area contributed by atoms with E-state index in [1.54, 1.807) is 6.07 Å². The van der Waals surface area contributed by atoms with Crippen molar-refractivity contribution < 1.29 is 0 Å². The quantitative estimate of drug-likeness (QED) is 0.811. The molecule has 100 valence electrons. The lowest BCUT2D eigenvalue weighted by atomic mass is 9.75. The molecular formula is C15H21Cl2N. The molecule has 3 unspecified atom stereocenters. The molecule has 1 aliphatic rings. The second-order valence-corrected chi connectivity index (χ2v) is 6.30. The van der Waals surface area contributed by atoms with Crippen molar-refractivity contribution >= 4 is 23.2 Å². The normalized spacial score (nSPS) is 26.0. The first kappa shape index (κ1) is 14.2. The fourth-order valence-corrected chi connectivity index (χ4v) is 3.61. The number of hydrogen-bond donors (Lipinski definition) is 1. The second-order valence-electron chi connectivity index (χ2n) is 5.43. The second kappa shape index (κ2) is 6.27. The van der Waals surface area contributed by atoms with E-state index in [4.69, 9.17) is 28.9 Å². The van der Waals surface area contributed by atoms with Gasteiger partial charge in [0.1, 0.15) is 0 Å². The Morgan fingerprint density at radius 3 is 2.50 bits per heavy atom. The van der Waals surface area contributed by atoms with E-state index in [0.29, 0.717) is 16.0 Å². The highest BCUT2D eigenvalue weighted by Gasteiger charge is 2.26. The molecule has 2 N–H and O–H groups in total. The van der Waals surface area contributed by atoms with Crippen molar-refractivity contribution in [2.45, 2.75) is 45.1 Å². The first-order chi connectivity index (χ1) is 8.60. The summed E-state index contributed by atoms with van der Waals surface area (Å²) < 4.78 is 0. The van der Waals surface area contributed by atoms with Crippen LogP contribution in [0.1, 0.15) is 50.6 Å². The van der Waals surface area contributed by atoms with Crippen LogP contribution in [-0.4, -0.2) is 0 Å². The number of benzene rings is 1. The van der Waals surface area contributed by atoms with Crippen LogP contribution in [0.5, 0.6) is 0 Å². The molecule has 1 aromatic rings. The van der Waals surface area contributed by atoms with E-state index in [-0.39, 0.29) is 6.04 Å². The van der Waals surface area contributed by atoms with Crippen LogP contribution in [-0.2, 0) is 0 Å². The molecule has 0 aliphatic heterocycles. The number of nitrogens with two attached hydrogens (primary N) is 1. The van der Waals surface area contributed by atoms with Crippen LogP contribution in [0.4, 0.5) is 0 Å². The molecule has 2 rings (SSSR count). The third kappa shape index (κ3) is 3.40. The van der Waals surface area contributed by atoms with E-state index >= 15 is 0 Å². The van der Waals surface area contributed by atoms with Gasteiger partial charge in [0.25, 0.3) is 0 Å². The van der Waals surface area contributed by atoms with Gasteiger partial charge >= 0.3 is 0 Å². The van der Waals surface area contributed by atoms with E-state index in [1.807, 2.05) is 12.1 Å². The zero-order valence-electron chi connectivity index (χ0n) is 10.8. The van der Waals surface area contributed by atoms with Crippen molar-refractivity contribution in [3.05, 3.63) is 33.8 Å². The van der Waals surface area contributed by atoms with Gasteiger partial charge in [-0.3, -0.25) is 0 Å². The van der Waals surface area contributed by atoms with Gasteiger partial charge in [0.15, 0.2) is 0 Å². The van der Waals surface area contributed by atoms with E-state index in [1.165, 1.54) is 32.1 Å². The maximum absolute atomic E-state index is 6.41. The molecule has 1 aromatic carbocycles. The molecular weight excluding hydrogens is 265 g/mol. The Balaban J connectivity index is 2.12. The third-order valence-electron chi connectivity index (χ3n) is 4.18. The SMILES string of the molecule is CCC1CCCC(C(N)c2cc(Cl)cc(Cl)c2)C1. The van der Waals surface area contributed by atoms with Gasteiger partial charge in [0.05, 0.1) is 0 Å². The van der Waals surface area contributed by atoms with Crippen molar-refractivity contribution in [3.63, 3.8) is 0 Å². The van der Waals surface area contributed by atoms with Crippen LogP contribution in [0.2, 0.25) is 10.0 Å². The summed E-state index contributed by atoms with van der Waals surface area (Å²) in [5, 5.41) is 1.35. The highest BCUT2D eigenvalue weighted by molar-refractivity contribution is 6.34. The van der Waals surface area contributed by atoms with Crippen LogP contribution in [0.3, 0.4) is 0 Å². The summed E-state index contributed by atoms with van der Waals surface area (Å²) in [6, 6.07) is 5.73. The largest absolute Gasteiger partial charge is 0.324 e. The molecule has 0 radical (unpaired) electrons. The first-order valence-electron chi connectivity index (χ1n) is 6.81. The summed E-state index contributed by atoms with van der Waals surface area (Å²) in [6.45, 7) is 2.27. The van der Waals surface area contributed by atoms with Gasteiger partial charge in [-0.25, -0.2) is 0 Å². The van der Waals surface area contributed by atoms with Crippen LogP contribution in [0.25, 0.3) is 0 Å². The Labute approximate surface area is 120 Å². The number of halogens is 2. The lowest BCUT2D eigenvalue weighted by molar-refractivity contribution is 0.230. The molecule has 0 heterocycles. The smallest absolute Gasteiger partial charge is 0.0424 e. The van der Waals surface area contributed by atoms with Crippen molar-refractivity contribution in [2.24, 2.45) is 17.6 Å². The van der Waals surface area contributed by atoms with Crippen LogP contribution >= 0.6 is 23.2 Å². The molecule has 0 spiro atoms. The summed E-state index contributed by atoms with van der Waals surface area (Å²) in [6.07, 6.45) is 6.38. The lowest BCUT2D eigenvalue weighted by Gasteiger charge is -2.32. The minimum atomic E-state index is 0.0653. The summed E-state index contributed by atoms with van der Waals surface area (Å²) in [5.41, 5.74) is 7.49. The minimum absolute atomic E-state index is 0.0653. The third-order valence-corrected chi connectivity index (χ3v) is 4.61. The zero-order valence-corrected chi connectivity index (χ0v) is 12.3. The first-order valence-corrected chi connectivity index (χ1v) is 7.57. The standard InChI is InChI=1S/C15H21Cl2N/c1-2-10-4-3-5-11(6-10)15(18)12-7-13(16)9-14(17)8-12/h7-11,15H,2-6,18H2,1H3. The molecule has 1 nitrogen and oxygen atoms in total. The monoisotopic (exact) mass is 285 g/mol. The van der Waals surface area contributed by atoms with E-state index in [0.717, 1.165) is 11.5 Å². The zero-order chi connectivity index (χ0) is 13.1. The summed E-state index contributed by atoms with van der Waals surface area (Å²) >= 11 is 12.1. The van der Waals surface area contributed by atoms with Gasteiger partial charge < -0.3 is 5.73 Å². The minimum Gasteiger partial charge on any atom is -0.324 e. The van der Waals surface area contributed by atoms with E-state index in [2.05, 4.69) is 6.92 Å². The summed E-state index contributed by atoms with van der Waals surface area (Å²) in [4.78, 5) is 0. The van der Waals surface area contributed by atoms with Gasteiger partial charge in [-0.15, -0.1) is 0 Å². The molecule has 18 heavy (non-hydrogen) atoms. The molecule has 1 fully saturated rings. The molecule has 0 aromatic heterocycles. The average molecular weight is 286 g/mol. The van der Waals surface area contributed by atoms with E-state index < -0.39 is 0 Å². The Kier molecular flexibility index (Phi) is 4.94. The fraction of sp³-hybridized carbons (Fsp3) is 0.600. The Bertz CT molecular complexity index is 385. The fourth-order valence-electron chi connectivity index (χ4n) is 3.07. The Morgan fingerprint density at radius 2 is 1.89 bits per heavy atom. The van der Waals surface area contributed by atoms with Crippen molar-refractivity contribution in [3.8, 4) is 0 Å². The van der Waals surface area contributed by atoms with Gasteiger partial charge in [0, 0.05) is 16.1 Å². The summed E-state index contributed by atoms with van der Waals surface area (Å²) in [5.74, 6) is 1.41. The van der Waals surface area contributed by atoms with E-state index in [9.17, 15) is 0 Å². The predicted molar refractivity (Wildman–Crippen MR) is 79.1 cm³/mol. The van der Waals surface area contributed by atoms with Crippen molar-refractivity contribution in [1.82, 2.24) is 0 Å². The molecule has 3 atom stereocenters. The summed E-state index contributed by atoms with van der Waals surface area (Å²) in [7, 11) is 0. The molecule has 1 saturated carbocycles.